The maximum Gasteiger partial charge on any atom is 0.0986 e. The van der Waals surface area contributed by atoms with Gasteiger partial charge in [-0.2, -0.15) is 0 Å². The Morgan fingerprint density at radius 3 is 2.65 bits per heavy atom. The maximum atomic E-state index is 5.65. The van der Waals surface area contributed by atoms with Gasteiger partial charge in [0.05, 0.1) is 12.2 Å². The van der Waals surface area contributed by atoms with Crippen LogP contribution in [0.3, 0.4) is 0 Å². The van der Waals surface area contributed by atoms with Gasteiger partial charge in [-0.05, 0) is 38.0 Å². The molecule has 3 heteroatoms. The van der Waals surface area contributed by atoms with Crippen molar-refractivity contribution < 1.29 is 9.47 Å². The molecule has 0 amide bonds. The van der Waals surface area contributed by atoms with E-state index in [1.165, 1.54) is 19.3 Å². The smallest absolute Gasteiger partial charge is 0.0986 e. The Hall–Kier alpha value is -0.120. The van der Waals surface area contributed by atoms with Gasteiger partial charge in [0.2, 0.25) is 0 Å². The fraction of sp³-hybridized carbons (Fsp3) is 1.00. The van der Waals surface area contributed by atoms with E-state index in [0.717, 1.165) is 13.0 Å². The van der Waals surface area contributed by atoms with E-state index in [1.807, 2.05) is 6.92 Å². The van der Waals surface area contributed by atoms with Crippen molar-refractivity contribution in [3.8, 4) is 0 Å². The first-order valence-corrected chi connectivity index (χ1v) is 6.96. The zero-order valence-electron chi connectivity index (χ0n) is 11.7. The van der Waals surface area contributed by atoms with Crippen LogP contribution in [-0.2, 0) is 9.47 Å². The van der Waals surface area contributed by atoms with Gasteiger partial charge in [0.1, 0.15) is 0 Å². The summed E-state index contributed by atoms with van der Waals surface area (Å²) < 4.78 is 11.2. The summed E-state index contributed by atoms with van der Waals surface area (Å²) >= 11 is 0. The molecule has 17 heavy (non-hydrogen) atoms. The zero-order valence-corrected chi connectivity index (χ0v) is 11.7. The number of nitrogens with one attached hydrogen (secondary N) is 1. The van der Waals surface area contributed by atoms with Gasteiger partial charge in [0.25, 0.3) is 0 Å². The molecule has 4 unspecified atom stereocenters. The summed E-state index contributed by atoms with van der Waals surface area (Å²) in [6, 6.07) is 1.17. The minimum atomic E-state index is 0.249. The molecule has 1 N–H and O–H groups in total. The van der Waals surface area contributed by atoms with Crippen LogP contribution in [0.15, 0.2) is 0 Å². The fourth-order valence-electron chi connectivity index (χ4n) is 3.32. The zero-order chi connectivity index (χ0) is 12.5. The van der Waals surface area contributed by atoms with E-state index in [1.54, 1.807) is 7.11 Å². The van der Waals surface area contributed by atoms with E-state index in [2.05, 4.69) is 19.2 Å². The molecule has 0 aromatic rings. The van der Waals surface area contributed by atoms with Gasteiger partial charge in [-0.15, -0.1) is 0 Å². The molecule has 0 aliphatic heterocycles. The number of hydrogen-bond acceptors (Lipinski definition) is 3. The second-order valence-corrected chi connectivity index (χ2v) is 6.31. The van der Waals surface area contributed by atoms with Crippen molar-refractivity contribution in [1.82, 2.24) is 5.32 Å². The fourth-order valence-corrected chi connectivity index (χ4v) is 3.32. The molecule has 0 saturated heterocycles. The minimum Gasteiger partial charge on any atom is -0.377 e. The third-order valence-electron chi connectivity index (χ3n) is 4.32. The summed E-state index contributed by atoms with van der Waals surface area (Å²) in [4.78, 5) is 0. The Labute approximate surface area is 105 Å². The van der Waals surface area contributed by atoms with Crippen LogP contribution in [0.25, 0.3) is 0 Å². The minimum absolute atomic E-state index is 0.249. The average molecular weight is 241 g/mol. The van der Waals surface area contributed by atoms with Crippen molar-refractivity contribution in [1.29, 1.82) is 0 Å². The third kappa shape index (κ3) is 3.01. The standard InChI is InChI=1S/C14H27NO2/c1-5-17-12-8-11(13(12)16-4)15-10-6-7-14(2,3)9-10/h10-13,15H,5-9H2,1-4H3. The average Bonchev–Trinajstić information content (AvgIpc) is 2.57. The molecule has 2 rings (SSSR count). The first kappa shape index (κ1) is 13.3. The lowest BCUT2D eigenvalue weighted by atomic mass is 9.84. The third-order valence-corrected chi connectivity index (χ3v) is 4.32. The van der Waals surface area contributed by atoms with Gasteiger partial charge in [-0.3, -0.25) is 0 Å². The lowest BCUT2D eigenvalue weighted by molar-refractivity contribution is -0.133. The molecule has 0 bridgehead atoms. The van der Waals surface area contributed by atoms with Crippen molar-refractivity contribution >= 4 is 0 Å². The molecule has 2 saturated carbocycles. The predicted molar refractivity (Wildman–Crippen MR) is 69.2 cm³/mol. The van der Waals surface area contributed by atoms with E-state index < -0.39 is 0 Å². The summed E-state index contributed by atoms with van der Waals surface area (Å²) in [5.41, 5.74) is 0.517. The Balaban J connectivity index is 1.77. The molecule has 4 atom stereocenters. The van der Waals surface area contributed by atoms with Crippen molar-refractivity contribution in [3.05, 3.63) is 0 Å². The van der Waals surface area contributed by atoms with Crippen LogP contribution < -0.4 is 5.32 Å². The number of hydrogen-bond donors (Lipinski definition) is 1. The molecule has 3 nitrogen and oxygen atoms in total. The van der Waals surface area contributed by atoms with Crippen LogP contribution >= 0.6 is 0 Å². The molecule has 100 valence electrons. The highest BCUT2D eigenvalue weighted by Gasteiger charge is 2.44. The molecule has 0 spiro atoms. The van der Waals surface area contributed by atoms with Crippen LogP contribution in [0, 0.1) is 5.41 Å². The summed E-state index contributed by atoms with van der Waals surface area (Å²) in [6.45, 7) is 7.57. The van der Waals surface area contributed by atoms with Crippen LogP contribution in [0.1, 0.15) is 46.5 Å². The molecular formula is C14H27NO2. The highest BCUT2D eigenvalue weighted by atomic mass is 16.5. The molecule has 0 radical (unpaired) electrons. The van der Waals surface area contributed by atoms with Gasteiger partial charge in [0, 0.05) is 25.8 Å². The second kappa shape index (κ2) is 5.25. The quantitative estimate of drug-likeness (QED) is 0.801. The monoisotopic (exact) mass is 241 g/mol. The molecule has 2 aliphatic rings. The molecule has 0 heterocycles. The molecule has 0 aromatic heterocycles. The molecule has 2 aliphatic carbocycles. The van der Waals surface area contributed by atoms with Crippen molar-refractivity contribution in [3.63, 3.8) is 0 Å². The van der Waals surface area contributed by atoms with E-state index in [0.29, 0.717) is 23.6 Å². The van der Waals surface area contributed by atoms with E-state index in [4.69, 9.17) is 9.47 Å². The van der Waals surface area contributed by atoms with Gasteiger partial charge in [-0.25, -0.2) is 0 Å². The highest BCUT2D eigenvalue weighted by Crippen LogP contribution is 2.38. The van der Waals surface area contributed by atoms with Gasteiger partial charge in [0.15, 0.2) is 0 Å². The van der Waals surface area contributed by atoms with Crippen molar-refractivity contribution in [2.75, 3.05) is 13.7 Å². The summed E-state index contributed by atoms with van der Waals surface area (Å²) in [5, 5.41) is 3.76. The SMILES string of the molecule is CCOC1CC(NC2CCC(C)(C)C2)C1OC. The summed E-state index contributed by atoms with van der Waals surface area (Å²) in [6.07, 6.45) is 5.58. The largest absolute Gasteiger partial charge is 0.377 e. The normalized spacial score (nSPS) is 40.2. The molecular weight excluding hydrogens is 214 g/mol. The molecule has 0 aromatic carbocycles. The van der Waals surface area contributed by atoms with Crippen LogP contribution in [-0.4, -0.2) is 38.0 Å². The van der Waals surface area contributed by atoms with Gasteiger partial charge < -0.3 is 14.8 Å². The number of ether oxygens (including phenoxy) is 2. The molecule has 2 fully saturated rings. The van der Waals surface area contributed by atoms with E-state index in [9.17, 15) is 0 Å². The van der Waals surface area contributed by atoms with Crippen molar-refractivity contribution in [2.24, 2.45) is 5.41 Å². The van der Waals surface area contributed by atoms with Gasteiger partial charge in [-0.1, -0.05) is 13.8 Å². The van der Waals surface area contributed by atoms with Crippen LogP contribution in [0.2, 0.25) is 0 Å². The van der Waals surface area contributed by atoms with Crippen LogP contribution in [0.4, 0.5) is 0 Å². The highest BCUT2D eigenvalue weighted by molar-refractivity contribution is 5.00. The van der Waals surface area contributed by atoms with E-state index in [-0.39, 0.29) is 6.10 Å². The van der Waals surface area contributed by atoms with Crippen LogP contribution in [0.5, 0.6) is 0 Å². The number of methoxy groups -OCH3 is 1. The topological polar surface area (TPSA) is 30.5 Å². The Morgan fingerprint density at radius 2 is 2.12 bits per heavy atom. The van der Waals surface area contributed by atoms with E-state index >= 15 is 0 Å². The first-order valence-electron chi connectivity index (χ1n) is 6.96. The lowest BCUT2D eigenvalue weighted by Gasteiger charge is -2.44. The maximum absolute atomic E-state index is 5.65. The second-order valence-electron chi connectivity index (χ2n) is 6.31. The Kier molecular flexibility index (Phi) is 4.11. The Bertz CT molecular complexity index is 255. The number of rotatable bonds is 5. The first-order chi connectivity index (χ1) is 8.05. The lowest BCUT2D eigenvalue weighted by Crippen LogP contribution is -2.61. The summed E-state index contributed by atoms with van der Waals surface area (Å²) in [5.74, 6) is 0. The van der Waals surface area contributed by atoms with Gasteiger partial charge >= 0.3 is 0 Å². The Morgan fingerprint density at radius 1 is 1.35 bits per heavy atom. The van der Waals surface area contributed by atoms with Crippen molar-refractivity contribution in [2.45, 2.75) is 70.7 Å². The summed E-state index contributed by atoms with van der Waals surface area (Å²) in [7, 11) is 1.79. The predicted octanol–water partition coefficient (Wildman–Crippen LogP) is 2.35.